The van der Waals surface area contributed by atoms with Gasteiger partial charge in [0, 0.05) is 29.7 Å². The lowest BCUT2D eigenvalue weighted by molar-refractivity contribution is -0.148. The van der Waals surface area contributed by atoms with Gasteiger partial charge in [0.2, 0.25) is 0 Å². The molecule has 28 heavy (non-hydrogen) atoms. The fourth-order valence-corrected chi connectivity index (χ4v) is 3.86. The minimum absolute atomic E-state index is 0.236. The number of nitrogens with one attached hydrogen (secondary N) is 1. The van der Waals surface area contributed by atoms with Gasteiger partial charge in [-0.1, -0.05) is 19.3 Å². The molecular formula is C21H26N2O5. The van der Waals surface area contributed by atoms with Gasteiger partial charge in [-0.15, -0.1) is 0 Å². The number of carbonyl (C=O) groups is 3. The topological polar surface area (TPSA) is 99.7 Å². The van der Waals surface area contributed by atoms with E-state index in [1.54, 1.807) is 25.3 Å². The van der Waals surface area contributed by atoms with Crippen molar-refractivity contribution in [3.63, 3.8) is 0 Å². The molecule has 150 valence electrons. The van der Waals surface area contributed by atoms with Crippen molar-refractivity contribution in [2.24, 2.45) is 5.92 Å². The maximum atomic E-state index is 13.0. The number of ether oxygens (including phenoxy) is 1. The van der Waals surface area contributed by atoms with Crippen LogP contribution < -0.4 is 4.74 Å². The fourth-order valence-electron chi connectivity index (χ4n) is 3.86. The van der Waals surface area contributed by atoms with Crippen LogP contribution in [0.4, 0.5) is 0 Å². The zero-order valence-corrected chi connectivity index (χ0v) is 16.2. The predicted molar refractivity (Wildman–Crippen MR) is 105 cm³/mol. The second-order valence-electron chi connectivity index (χ2n) is 7.42. The van der Waals surface area contributed by atoms with Crippen LogP contribution in [0.1, 0.15) is 49.4 Å². The number of carboxylic acid groups (broad SMARTS) is 1. The Labute approximate surface area is 163 Å². The second kappa shape index (κ2) is 8.46. The first-order chi connectivity index (χ1) is 13.4. The lowest BCUT2D eigenvalue weighted by Crippen LogP contribution is -2.48. The molecule has 1 aliphatic rings. The summed E-state index contributed by atoms with van der Waals surface area (Å²) >= 11 is 0. The second-order valence-corrected chi connectivity index (χ2v) is 7.42. The summed E-state index contributed by atoms with van der Waals surface area (Å²) in [5, 5.41) is 10.1. The number of fused-ring (bicyclic) bond motifs is 1. The third-order valence-corrected chi connectivity index (χ3v) is 5.59. The molecule has 3 rings (SSSR count). The van der Waals surface area contributed by atoms with Gasteiger partial charge in [-0.05, 0) is 37.8 Å². The number of H-pyrrole nitrogens is 1. The van der Waals surface area contributed by atoms with E-state index >= 15 is 0 Å². The van der Waals surface area contributed by atoms with Gasteiger partial charge in [-0.2, -0.15) is 0 Å². The van der Waals surface area contributed by atoms with Gasteiger partial charge in [0.15, 0.2) is 0 Å². The normalized spacial score (nSPS) is 15.9. The highest BCUT2D eigenvalue weighted by Crippen LogP contribution is 2.27. The first-order valence-corrected chi connectivity index (χ1v) is 9.65. The van der Waals surface area contributed by atoms with E-state index in [0.29, 0.717) is 23.2 Å². The highest BCUT2D eigenvalue weighted by molar-refractivity contribution is 6.45. The van der Waals surface area contributed by atoms with E-state index in [1.807, 2.05) is 0 Å². The van der Waals surface area contributed by atoms with Crippen LogP contribution in [-0.4, -0.2) is 52.3 Å². The Morgan fingerprint density at radius 2 is 1.96 bits per heavy atom. The van der Waals surface area contributed by atoms with Crippen molar-refractivity contribution in [2.45, 2.75) is 45.1 Å². The van der Waals surface area contributed by atoms with E-state index in [9.17, 15) is 19.5 Å². The van der Waals surface area contributed by atoms with E-state index in [2.05, 4.69) is 4.98 Å². The highest BCUT2D eigenvalue weighted by atomic mass is 16.5. The number of carboxylic acids is 1. The Morgan fingerprint density at radius 1 is 1.25 bits per heavy atom. The van der Waals surface area contributed by atoms with Gasteiger partial charge in [-0.3, -0.25) is 9.59 Å². The summed E-state index contributed by atoms with van der Waals surface area (Å²) in [7, 11) is 1.55. The molecule has 0 saturated heterocycles. The first-order valence-electron chi connectivity index (χ1n) is 9.65. The maximum Gasteiger partial charge on any atom is 0.326 e. The van der Waals surface area contributed by atoms with Crippen molar-refractivity contribution in [2.75, 3.05) is 13.7 Å². The molecule has 1 unspecified atom stereocenters. The van der Waals surface area contributed by atoms with Crippen LogP contribution in [0.15, 0.2) is 24.4 Å². The van der Waals surface area contributed by atoms with Gasteiger partial charge in [0.25, 0.3) is 11.7 Å². The number of Topliss-reactive ketones (excluding diaryl/α,β-unsaturated/α-hetero) is 1. The SMILES string of the molecule is COc1ccc2c(C(=O)C(=O)N(CC3CCCCC3)C(C)C(=O)O)c[nH]c2c1. The molecular weight excluding hydrogens is 360 g/mol. The average Bonchev–Trinajstić information content (AvgIpc) is 3.14. The number of carbonyl (C=O) groups excluding carboxylic acids is 2. The number of methoxy groups -OCH3 is 1. The van der Waals surface area contributed by atoms with E-state index in [-0.39, 0.29) is 11.5 Å². The maximum absolute atomic E-state index is 13.0. The molecule has 2 N–H and O–H groups in total. The fraction of sp³-hybridized carbons (Fsp3) is 0.476. The number of aromatic nitrogens is 1. The number of hydrogen-bond acceptors (Lipinski definition) is 4. The summed E-state index contributed by atoms with van der Waals surface area (Å²) in [6.45, 7) is 1.75. The number of aromatic amines is 1. The Hall–Kier alpha value is -2.83. The van der Waals surface area contributed by atoms with Crippen LogP contribution in [0.5, 0.6) is 5.75 Å². The number of rotatable bonds is 7. The summed E-state index contributed by atoms with van der Waals surface area (Å²) < 4.78 is 5.17. The Balaban J connectivity index is 1.86. The van der Waals surface area contributed by atoms with E-state index in [1.165, 1.54) is 18.0 Å². The number of hydrogen-bond donors (Lipinski definition) is 2. The van der Waals surface area contributed by atoms with Gasteiger partial charge in [-0.25, -0.2) is 4.79 Å². The molecule has 7 heteroatoms. The molecule has 0 radical (unpaired) electrons. The number of nitrogens with zero attached hydrogens (tertiary/aromatic N) is 1. The van der Waals surface area contributed by atoms with Crippen molar-refractivity contribution < 1.29 is 24.2 Å². The molecule has 1 fully saturated rings. The quantitative estimate of drug-likeness (QED) is 0.562. The first kappa shape index (κ1) is 19.9. The molecule has 1 heterocycles. The van der Waals surface area contributed by atoms with Gasteiger partial charge in [0.1, 0.15) is 11.8 Å². The zero-order chi connectivity index (χ0) is 20.3. The minimum Gasteiger partial charge on any atom is -0.497 e. The van der Waals surface area contributed by atoms with Gasteiger partial charge < -0.3 is 19.7 Å². The molecule has 2 aromatic rings. The molecule has 0 spiro atoms. The van der Waals surface area contributed by atoms with Crippen molar-refractivity contribution in [3.8, 4) is 5.75 Å². The van der Waals surface area contributed by atoms with Crippen LogP contribution in [0.2, 0.25) is 0 Å². The molecule has 7 nitrogen and oxygen atoms in total. The monoisotopic (exact) mass is 386 g/mol. The number of aliphatic carboxylic acids is 1. The van der Waals surface area contributed by atoms with E-state index < -0.39 is 23.7 Å². The van der Waals surface area contributed by atoms with E-state index in [4.69, 9.17) is 4.74 Å². The summed E-state index contributed by atoms with van der Waals surface area (Å²) in [5.74, 6) is -1.70. The van der Waals surface area contributed by atoms with Crippen molar-refractivity contribution >= 4 is 28.6 Å². The summed E-state index contributed by atoms with van der Waals surface area (Å²) in [6.07, 6.45) is 6.72. The Bertz CT molecular complexity index is 882. The van der Waals surface area contributed by atoms with Gasteiger partial charge >= 0.3 is 5.97 Å². The third-order valence-electron chi connectivity index (χ3n) is 5.59. The van der Waals surface area contributed by atoms with Crippen LogP contribution in [-0.2, 0) is 9.59 Å². The number of amides is 1. The zero-order valence-electron chi connectivity index (χ0n) is 16.2. The van der Waals surface area contributed by atoms with Crippen LogP contribution in [0.25, 0.3) is 10.9 Å². The van der Waals surface area contributed by atoms with Crippen LogP contribution >= 0.6 is 0 Å². The van der Waals surface area contributed by atoms with Crippen molar-refractivity contribution in [1.82, 2.24) is 9.88 Å². The molecule has 1 saturated carbocycles. The Kier molecular flexibility index (Phi) is 6.02. The molecule has 1 aliphatic carbocycles. The van der Waals surface area contributed by atoms with Crippen LogP contribution in [0, 0.1) is 5.92 Å². The van der Waals surface area contributed by atoms with Gasteiger partial charge in [0.05, 0.1) is 12.7 Å². The summed E-state index contributed by atoms with van der Waals surface area (Å²) in [4.78, 5) is 41.7. The average molecular weight is 386 g/mol. The molecule has 0 aliphatic heterocycles. The molecule has 1 amide bonds. The predicted octanol–water partition coefficient (Wildman–Crippen LogP) is 3.24. The molecule has 0 bridgehead atoms. The van der Waals surface area contributed by atoms with E-state index in [0.717, 1.165) is 32.1 Å². The van der Waals surface area contributed by atoms with Crippen molar-refractivity contribution in [3.05, 3.63) is 30.0 Å². The highest BCUT2D eigenvalue weighted by Gasteiger charge is 2.33. The van der Waals surface area contributed by atoms with Crippen LogP contribution in [0.3, 0.4) is 0 Å². The molecule has 1 aromatic carbocycles. The lowest BCUT2D eigenvalue weighted by atomic mass is 9.88. The third kappa shape index (κ3) is 4.03. The molecule has 1 atom stereocenters. The smallest absolute Gasteiger partial charge is 0.326 e. The minimum atomic E-state index is -1.11. The largest absolute Gasteiger partial charge is 0.497 e. The molecule has 1 aromatic heterocycles. The van der Waals surface area contributed by atoms with Crippen molar-refractivity contribution in [1.29, 1.82) is 0 Å². The Morgan fingerprint density at radius 3 is 2.61 bits per heavy atom. The lowest BCUT2D eigenvalue weighted by Gasteiger charge is -2.31. The summed E-state index contributed by atoms with van der Waals surface area (Å²) in [5.41, 5.74) is 0.925. The number of ketones is 1. The standard InChI is InChI=1S/C21H26N2O5/c1-13(21(26)27)23(12-14-6-4-3-5-7-14)20(25)19(24)17-11-22-18-10-15(28-2)8-9-16(17)18/h8-11,13-14,22H,3-7,12H2,1-2H3,(H,26,27). The summed E-state index contributed by atoms with van der Waals surface area (Å²) in [6, 6.07) is 4.13. The number of benzene rings is 1.